The monoisotopic (exact) mass is 305 g/mol. The van der Waals surface area contributed by atoms with Crippen molar-refractivity contribution in [1.82, 2.24) is 4.72 Å². The fraction of sp³-hybridized carbons (Fsp3) is 0.538. The highest BCUT2D eigenvalue weighted by atomic mass is 32.2. The molecule has 0 radical (unpaired) electrons. The van der Waals surface area contributed by atoms with Gasteiger partial charge in [-0.05, 0) is 43.7 Å². The summed E-state index contributed by atoms with van der Waals surface area (Å²) in [6.45, 7) is 0.106. The maximum atomic E-state index is 13.1. The van der Waals surface area contributed by atoms with Gasteiger partial charge in [0.05, 0.1) is 4.90 Å². The minimum Gasteiger partial charge on any atom is -0.396 e. The van der Waals surface area contributed by atoms with Gasteiger partial charge in [-0.2, -0.15) is 0 Å². The number of sulfonamides is 1. The smallest absolute Gasteiger partial charge is 0.241 e. The molecular weight excluding hydrogens is 288 g/mol. The van der Waals surface area contributed by atoms with Gasteiger partial charge in [0.1, 0.15) is 11.6 Å². The van der Waals surface area contributed by atoms with Crippen LogP contribution >= 0.6 is 0 Å². The number of aliphatic hydroxyl groups is 1. The first-order chi connectivity index (χ1) is 9.40. The van der Waals surface area contributed by atoms with E-state index in [2.05, 4.69) is 4.72 Å². The predicted molar refractivity (Wildman–Crippen MR) is 69.5 cm³/mol. The minimum atomic E-state index is -3.92. The van der Waals surface area contributed by atoms with Gasteiger partial charge in [-0.3, -0.25) is 0 Å². The number of aliphatic hydroxyl groups excluding tert-OH is 1. The van der Waals surface area contributed by atoms with Crippen molar-refractivity contribution in [2.75, 3.05) is 6.61 Å². The predicted octanol–water partition coefficient (Wildman–Crippen LogP) is 1.79. The lowest BCUT2D eigenvalue weighted by atomic mass is 9.87. The summed E-state index contributed by atoms with van der Waals surface area (Å²) < 4.78 is 52.7. The first-order valence-electron chi connectivity index (χ1n) is 6.50. The second kappa shape index (κ2) is 6.15. The highest BCUT2D eigenvalue weighted by molar-refractivity contribution is 7.89. The molecule has 0 spiro atoms. The molecule has 1 aromatic carbocycles. The van der Waals surface area contributed by atoms with Gasteiger partial charge < -0.3 is 5.11 Å². The molecule has 0 amide bonds. The van der Waals surface area contributed by atoms with Gasteiger partial charge in [-0.25, -0.2) is 21.9 Å². The second-order valence-corrected chi connectivity index (χ2v) is 6.84. The summed E-state index contributed by atoms with van der Waals surface area (Å²) in [4.78, 5) is -0.403. The molecule has 0 saturated heterocycles. The number of hydrogen-bond donors (Lipinski definition) is 2. The molecule has 1 aliphatic rings. The van der Waals surface area contributed by atoms with Crippen LogP contribution in [0.25, 0.3) is 0 Å². The fourth-order valence-electron chi connectivity index (χ4n) is 2.43. The van der Waals surface area contributed by atoms with Gasteiger partial charge in [0, 0.05) is 18.7 Å². The van der Waals surface area contributed by atoms with Crippen LogP contribution in [-0.2, 0) is 10.0 Å². The van der Waals surface area contributed by atoms with Crippen molar-refractivity contribution in [3.8, 4) is 0 Å². The van der Waals surface area contributed by atoms with Crippen LogP contribution < -0.4 is 4.72 Å². The number of nitrogens with one attached hydrogen (secondary N) is 1. The SMILES string of the molecule is O=S(=O)(NC1CCC(CO)CC1)c1cc(F)cc(F)c1. The molecule has 0 heterocycles. The van der Waals surface area contributed by atoms with Gasteiger partial charge in [-0.1, -0.05) is 0 Å². The molecule has 0 aliphatic heterocycles. The largest absolute Gasteiger partial charge is 0.396 e. The lowest BCUT2D eigenvalue weighted by molar-refractivity contribution is 0.180. The van der Waals surface area contributed by atoms with Crippen molar-refractivity contribution in [3.05, 3.63) is 29.8 Å². The molecule has 1 aliphatic carbocycles. The molecule has 7 heteroatoms. The van der Waals surface area contributed by atoms with Crippen LogP contribution in [0.4, 0.5) is 8.78 Å². The van der Waals surface area contributed by atoms with Crippen molar-refractivity contribution in [1.29, 1.82) is 0 Å². The molecule has 2 rings (SSSR count). The van der Waals surface area contributed by atoms with E-state index < -0.39 is 26.6 Å². The van der Waals surface area contributed by atoms with E-state index in [9.17, 15) is 17.2 Å². The highest BCUT2D eigenvalue weighted by Gasteiger charge is 2.26. The summed E-state index contributed by atoms with van der Waals surface area (Å²) in [5.41, 5.74) is 0. The minimum absolute atomic E-state index is 0.106. The summed E-state index contributed by atoms with van der Waals surface area (Å²) in [7, 11) is -3.92. The van der Waals surface area contributed by atoms with E-state index in [1.165, 1.54) is 0 Å². The maximum absolute atomic E-state index is 13.1. The van der Waals surface area contributed by atoms with E-state index in [-0.39, 0.29) is 18.6 Å². The van der Waals surface area contributed by atoms with Crippen molar-refractivity contribution < 1.29 is 22.3 Å². The number of rotatable bonds is 4. The van der Waals surface area contributed by atoms with Crippen LogP contribution in [0.5, 0.6) is 0 Å². The van der Waals surface area contributed by atoms with Crippen molar-refractivity contribution in [2.45, 2.75) is 36.6 Å². The van der Waals surface area contributed by atoms with E-state index in [4.69, 9.17) is 5.11 Å². The Labute approximate surface area is 116 Å². The zero-order valence-corrected chi connectivity index (χ0v) is 11.7. The quantitative estimate of drug-likeness (QED) is 0.891. The van der Waals surface area contributed by atoms with Crippen molar-refractivity contribution >= 4 is 10.0 Å². The van der Waals surface area contributed by atoms with E-state index in [1.807, 2.05) is 0 Å². The Balaban J connectivity index is 2.08. The number of halogens is 2. The van der Waals surface area contributed by atoms with Crippen LogP contribution in [0, 0.1) is 17.6 Å². The van der Waals surface area contributed by atoms with Crippen molar-refractivity contribution in [3.63, 3.8) is 0 Å². The summed E-state index contributed by atoms with van der Waals surface area (Å²) in [6, 6.07) is 1.97. The molecule has 1 aromatic rings. The molecule has 0 aromatic heterocycles. The lowest BCUT2D eigenvalue weighted by Gasteiger charge is -2.27. The van der Waals surface area contributed by atoms with Gasteiger partial charge in [0.25, 0.3) is 0 Å². The van der Waals surface area contributed by atoms with E-state index in [0.29, 0.717) is 18.9 Å². The van der Waals surface area contributed by atoms with Gasteiger partial charge in [-0.15, -0.1) is 0 Å². The van der Waals surface area contributed by atoms with Crippen LogP contribution in [0.15, 0.2) is 23.1 Å². The molecule has 0 unspecified atom stereocenters. The fourth-order valence-corrected chi connectivity index (χ4v) is 3.78. The van der Waals surface area contributed by atoms with E-state index in [1.54, 1.807) is 0 Å². The Morgan fingerprint density at radius 1 is 1.10 bits per heavy atom. The summed E-state index contributed by atoms with van der Waals surface area (Å²) in [5.74, 6) is -1.63. The third-order valence-corrected chi connectivity index (χ3v) is 5.07. The molecule has 1 saturated carbocycles. The molecule has 1 fully saturated rings. The van der Waals surface area contributed by atoms with Crippen LogP contribution in [0.2, 0.25) is 0 Å². The van der Waals surface area contributed by atoms with E-state index in [0.717, 1.165) is 25.0 Å². The molecule has 112 valence electrons. The molecule has 0 bridgehead atoms. The number of benzene rings is 1. The third-order valence-electron chi connectivity index (χ3n) is 3.57. The Bertz CT molecular complexity index is 549. The Morgan fingerprint density at radius 2 is 1.65 bits per heavy atom. The molecular formula is C13H17F2NO3S. The standard InChI is InChI=1S/C13H17F2NO3S/c14-10-5-11(15)7-13(6-10)20(18,19)16-12-3-1-9(8-17)2-4-12/h5-7,9,12,16-17H,1-4,8H2. The summed E-state index contributed by atoms with van der Waals surface area (Å²) in [6.07, 6.45) is 2.70. The number of hydrogen-bond acceptors (Lipinski definition) is 3. The molecule has 0 atom stereocenters. The molecule has 2 N–H and O–H groups in total. The Kier molecular flexibility index (Phi) is 4.72. The lowest BCUT2D eigenvalue weighted by Crippen LogP contribution is -2.38. The van der Waals surface area contributed by atoms with Crippen LogP contribution in [-0.4, -0.2) is 26.2 Å². The zero-order valence-electron chi connectivity index (χ0n) is 10.9. The van der Waals surface area contributed by atoms with Gasteiger partial charge in [0.2, 0.25) is 10.0 Å². The average molecular weight is 305 g/mol. The average Bonchev–Trinajstić information content (AvgIpc) is 2.38. The highest BCUT2D eigenvalue weighted by Crippen LogP contribution is 2.25. The summed E-state index contributed by atoms with van der Waals surface area (Å²) >= 11 is 0. The Hall–Kier alpha value is -1.05. The van der Waals surface area contributed by atoms with Gasteiger partial charge in [0.15, 0.2) is 0 Å². The van der Waals surface area contributed by atoms with Gasteiger partial charge >= 0.3 is 0 Å². The first kappa shape index (κ1) is 15.3. The first-order valence-corrected chi connectivity index (χ1v) is 7.98. The van der Waals surface area contributed by atoms with Crippen LogP contribution in [0.1, 0.15) is 25.7 Å². The third kappa shape index (κ3) is 3.74. The Morgan fingerprint density at radius 3 is 2.15 bits per heavy atom. The molecule has 20 heavy (non-hydrogen) atoms. The maximum Gasteiger partial charge on any atom is 0.241 e. The van der Waals surface area contributed by atoms with E-state index >= 15 is 0 Å². The summed E-state index contributed by atoms with van der Waals surface area (Å²) in [5, 5.41) is 9.03. The van der Waals surface area contributed by atoms with Crippen molar-refractivity contribution in [2.24, 2.45) is 5.92 Å². The zero-order chi connectivity index (χ0) is 14.8. The van der Waals surface area contributed by atoms with Crippen LogP contribution in [0.3, 0.4) is 0 Å². The second-order valence-electron chi connectivity index (χ2n) is 5.13. The normalized spacial score (nSPS) is 23.8. The topological polar surface area (TPSA) is 66.4 Å². The molecule has 4 nitrogen and oxygen atoms in total.